The summed E-state index contributed by atoms with van der Waals surface area (Å²) in [6.45, 7) is 0. The lowest BCUT2D eigenvalue weighted by Gasteiger charge is -2.10. The number of hydrogen-bond donors (Lipinski definition) is 1. The monoisotopic (exact) mass is 359 g/mol. The highest BCUT2D eigenvalue weighted by Gasteiger charge is 2.19. The van der Waals surface area contributed by atoms with E-state index in [2.05, 4.69) is 21.2 Å². The van der Waals surface area contributed by atoms with Crippen LogP contribution >= 0.6 is 15.9 Å². The second-order valence-electron chi connectivity index (χ2n) is 4.04. The van der Waals surface area contributed by atoms with E-state index in [4.69, 9.17) is 4.74 Å². The number of carbonyl (C=O) groups excluding carboxylic acids is 1. The third kappa shape index (κ3) is 3.36. The van der Waals surface area contributed by atoms with E-state index < -0.39 is 28.9 Å². The molecule has 0 saturated heterocycles. The number of anilines is 1. The molecular formula is C14H9BrF3NO2. The maximum absolute atomic E-state index is 13.7. The van der Waals surface area contributed by atoms with Gasteiger partial charge in [0.1, 0.15) is 28.8 Å². The SMILES string of the molecule is COc1ccc(F)c(NC(=O)c2c(F)cc(Br)cc2F)c1. The minimum atomic E-state index is -1.09. The Bertz CT molecular complexity index is 684. The predicted octanol–water partition coefficient (Wildman–Crippen LogP) is 4.13. The van der Waals surface area contributed by atoms with E-state index in [-0.39, 0.29) is 10.2 Å². The van der Waals surface area contributed by atoms with Gasteiger partial charge >= 0.3 is 0 Å². The lowest BCUT2D eigenvalue weighted by molar-refractivity contribution is 0.101. The highest BCUT2D eigenvalue weighted by atomic mass is 79.9. The highest BCUT2D eigenvalue weighted by molar-refractivity contribution is 9.10. The molecule has 0 radical (unpaired) electrons. The number of carbonyl (C=O) groups is 1. The summed E-state index contributed by atoms with van der Waals surface area (Å²) >= 11 is 2.91. The Labute approximate surface area is 126 Å². The molecule has 1 N–H and O–H groups in total. The fourth-order valence-electron chi connectivity index (χ4n) is 1.67. The van der Waals surface area contributed by atoms with E-state index >= 15 is 0 Å². The fraction of sp³-hybridized carbons (Fsp3) is 0.0714. The van der Waals surface area contributed by atoms with Gasteiger partial charge in [-0.2, -0.15) is 0 Å². The summed E-state index contributed by atoms with van der Waals surface area (Å²) in [4.78, 5) is 11.9. The van der Waals surface area contributed by atoms with E-state index in [1.54, 1.807) is 0 Å². The van der Waals surface area contributed by atoms with Crippen LogP contribution in [-0.4, -0.2) is 13.0 Å². The molecule has 0 aliphatic rings. The molecule has 110 valence electrons. The van der Waals surface area contributed by atoms with Crippen molar-refractivity contribution in [2.75, 3.05) is 12.4 Å². The van der Waals surface area contributed by atoms with Crippen molar-refractivity contribution in [2.45, 2.75) is 0 Å². The molecule has 1 amide bonds. The first-order valence-corrected chi connectivity index (χ1v) is 6.51. The van der Waals surface area contributed by atoms with E-state index in [0.717, 1.165) is 18.2 Å². The normalized spacial score (nSPS) is 10.3. The average Bonchev–Trinajstić information content (AvgIpc) is 2.40. The van der Waals surface area contributed by atoms with E-state index in [9.17, 15) is 18.0 Å². The minimum absolute atomic E-state index is 0.154. The molecule has 2 rings (SSSR count). The molecule has 0 aliphatic heterocycles. The van der Waals surface area contributed by atoms with Crippen molar-refractivity contribution in [3.05, 3.63) is 57.8 Å². The van der Waals surface area contributed by atoms with Crippen molar-refractivity contribution in [3.63, 3.8) is 0 Å². The number of halogens is 4. The number of hydrogen-bond acceptors (Lipinski definition) is 2. The predicted molar refractivity (Wildman–Crippen MR) is 75.0 cm³/mol. The van der Waals surface area contributed by atoms with Crippen LogP contribution in [0.1, 0.15) is 10.4 Å². The van der Waals surface area contributed by atoms with E-state index in [0.29, 0.717) is 5.75 Å². The Kier molecular flexibility index (Phi) is 4.52. The number of nitrogens with one attached hydrogen (secondary N) is 1. The van der Waals surface area contributed by atoms with Crippen LogP contribution in [0.25, 0.3) is 0 Å². The summed E-state index contributed by atoms with van der Waals surface area (Å²) in [5.41, 5.74) is -1.03. The Morgan fingerprint density at radius 1 is 1.10 bits per heavy atom. The molecular weight excluding hydrogens is 351 g/mol. The van der Waals surface area contributed by atoms with E-state index in [1.807, 2.05) is 0 Å². The second-order valence-corrected chi connectivity index (χ2v) is 4.96. The first kappa shape index (κ1) is 15.4. The molecule has 0 fully saturated rings. The summed E-state index contributed by atoms with van der Waals surface area (Å²) in [6.07, 6.45) is 0. The minimum Gasteiger partial charge on any atom is -0.497 e. The Morgan fingerprint density at radius 2 is 1.71 bits per heavy atom. The first-order chi connectivity index (χ1) is 9.92. The third-order valence-corrected chi connectivity index (χ3v) is 3.11. The third-order valence-electron chi connectivity index (χ3n) is 2.66. The molecule has 3 nitrogen and oxygen atoms in total. The van der Waals surface area contributed by atoms with Gasteiger partial charge in [0.2, 0.25) is 0 Å². The van der Waals surface area contributed by atoms with Crippen molar-refractivity contribution in [2.24, 2.45) is 0 Å². The lowest BCUT2D eigenvalue weighted by atomic mass is 10.1. The molecule has 0 atom stereocenters. The van der Waals surface area contributed by atoms with Crippen molar-refractivity contribution in [3.8, 4) is 5.75 Å². The van der Waals surface area contributed by atoms with Gasteiger partial charge in [0.25, 0.3) is 5.91 Å². The summed E-state index contributed by atoms with van der Waals surface area (Å²) in [7, 11) is 1.37. The van der Waals surface area contributed by atoms with Gasteiger partial charge in [0, 0.05) is 10.5 Å². The van der Waals surface area contributed by atoms with Crippen molar-refractivity contribution < 1.29 is 22.7 Å². The van der Waals surface area contributed by atoms with Crippen molar-refractivity contribution in [1.82, 2.24) is 0 Å². The highest BCUT2D eigenvalue weighted by Crippen LogP contribution is 2.24. The van der Waals surface area contributed by atoms with Gasteiger partial charge in [-0.1, -0.05) is 15.9 Å². The summed E-state index contributed by atoms with van der Waals surface area (Å²) in [5, 5.41) is 2.11. The molecule has 2 aromatic rings. The molecule has 21 heavy (non-hydrogen) atoms. The average molecular weight is 360 g/mol. The van der Waals surface area contributed by atoms with Gasteiger partial charge in [0.15, 0.2) is 0 Å². The van der Waals surface area contributed by atoms with Crippen LogP contribution in [0.3, 0.4) is 0 Å². The smallest absolute Gasteiger partial charge is 0.261 e. The topological polar surface area (TPSA) is 38.3 Å². The zero-order valence-corrected chi connectivity index (χ0v) is 12.3. The summed E-state index contributed by atoms with van der Waals surface area (Å²) in [5.74, 6) is -3.65. The zero-order valence-electron chi connectivity index (χ0n) is 10.7. The van der Waals surface area contributed by atoms with Crippen molar-refractivity contribution in [1.29, 1.82) is 0 Å². The van der Waals surface area contributed by atoms with Crippen LogP contribution in [-0.2, 0) is 0 Å². The van der Waals surface area contributed by atoms with Gasteiger partial charge in [-0.3, -0.25) is 4.79 Å². The molecule has 0 aliphatic carbocycles. The fourth-order valence-corrected chi connectivity index (χ4v) is 2.07. The van der Waals surface area contributed by atoms with Gasteiger partial charge < -0.3 is 10.1 Å². The van der Waals surface area contributed by atoms with Crippen LogP contribution < -0.4 is 10.1 Å². The number of amides is 1. The molecule has 0 unspecified atom stereocenters. The van der Waals surface area contributed by atoms with E-state index in [1.165, 1.54) is 19.2 Å². The number of rotatable bonds is 3. The molecule has 0 saturated carbocycles. The van der Waals surface area contributed by atoms with Gasteiger partial charge in [-0.15, -0.1) is 0 Å². The lowest BCUT2D eigenvalue weighted by Crippen LogP contribution is -2.16. The number of ether oxygens (including phenoxy) is 1. The maximum Gasteiger partial charge on any atom is 0.261 e. The number of methoxy groups -OCH3 is 1. The largest absolute Gasteiger partial charge is 0.497 e. The summed E-state index contributed by atoms with van der Waals surface area (Å²) < 4.78 is 45.9. The molecule has 2 aromatic carbocycles. The van der Waals surface area contributed by atoms with Crippen LogP contribution in [0.5, 0.6) is 5.75 Å². The Balaban J connectivity index is 2.35. The molecule has 7 heteroatoms. The maximum atomic E-state index is 13.7. The van der Waals surface area contributed by atoms with Crippen LogP contribution in [0, 0.1) is 17.5 Å². The van der Waals surface area contributed by atoms with Crippen LogP contribution in [0.2, 0.25) is 0 Å². The molecule has 0 bridgehead atoms. The molecule has 0 heterocycles. The number of benzene rings is 2. The van der Waals surface area contributed by atoms with Crippen molar-refractivity contribution >= 4 is 27.5 Å². The summed E-state index contributed by atoms with van der Waals surface area (Å²) in [6, 6.07) is 5.52. The Hall–Kier alpha value is -2.02. The quantitative estimate of drug-likeness (QED) is 0.894. The standard InChI is InChI=1S/C14H9BrF3NO2/c1-21-8-2-3-9(16)12(6-8)19-14(20)13-10(17)4-7(15)5-11(13)18/h2-6H,1H3,(H,19,20). The Morgan fingerprint density at radius 3 is 2.29 bits per heavy atom. The van der Waals surface area contributed by atoms with Crippen LogP contribution in [0.15, 0.2) is 34.8 Å². The van der Waals surface area contributed by atoms with Gasteiger partial charge in [-0.25, -0.2) is 13.2 Å². The molecule has 0 spiro atoms. The van der Waals surface area contributed by atoms with Gasteiger partial charge in [0.05, 0.1) is 12.8 Å². The second kappa shape index (κ2) is 6.17. The molecule has 0 aromatic heterocycles. The first-order valence-electron chi connectivity index (χ1n) is 5.72. The van der Waals surface area contributed by atoms with Gasteiger partial charge in [-0.05, 0) is 24.3 Å². The zero-order chi connectivity index (χ0) is 15.6. The van der Waals surface area contributed by atoms with Crippen LogP contribution in [0.4, 0.5) is 18.9 Å².